The number of carbonyl (C=O) groups excluding carboxylic acids is 4. The van der Waals surface area contributed by atoms with Crippen molar-refractivity contribution in [3.8, 4) is 5.75 Å². The molecule has 2 aromatic carbocycles. The first-order valence-corrected chi connectivity index (χ1v) is 8.80. The van der Waals surface area contributed by atoms with Gasteiger partial charge in [-0.25, -0.2) is 0 Å². The molecule has 0 saturated carbocycles. The number of para-hydroxylation sites is 2. The minimum absolute atomic E-state index is 0.301. The maximum Gasteiger partial charge on any atom is 0.310 e. The summed E-state index contributed by atoms with van der Waals surface area (Å²) >= 11 is 0. The summed E-state index contributed by atoms with van der Waals surface area (Å²) in [6, 6.07) is 12.8. The number of primary amides is 1. The predicted octanol–water partition coefficient (Wildman–Crippen LogP) is 1.45. The molecule has 0 saturated heterocycles. The number of amides is 3. The highest BCUT2D eigenvalue weighted by atomic mass is 16.6. The summed E-state index contributed by atoms with van der Waals surface area (Å²) in [6.07, 6.45) is -2.49. The number of carbonyl (C=O) groups is 4. The van der Waals surface area contributed by atoms with E-state index in [2.05, 4.69) is 10.6 Å². The third-order valence-electron chi connectivity index (χ3n) is 4.17. The molecule has 1 aliphatic heterocycles. The second-order valence-electron chi connectivity index (χ2n) is 6.36. The quantitative estimate of drug-likeness (QED) is 0.631. The number of ether oxygens (including phenoxy) is 2. The van der Waals surface area contributed by atoms with E-state index < -0.39 is 35.9 Å². The van der Waals surface area contributed by atoms with Crippen LogP contribution in [-0.2, 0) is 19.1 Å². The number of nitrogens with one attached hydrogen (secondary N) is 2. The lowest BCUT2D eigenvalue weighted by Gasteiger charge is -2.25. The molecule has 9 nitrogen and oxygen atoms in total. The Kier molecular flexibility index (Phi) is 5.77. The van der Waals surface area contributed by atoms with Crippen LogP contribution in [0, 0.1) is 0 Å². The summed E-state index contributed by atoms with van der Waals surface area (Å²) in [5.41, 5.74) is 6.40. The summed E-state index contributed by atoms with van der Waals surface area (Å²) in [6.45, 7) is 1.40. The van der Waals surface area contributed by atoms with Crippen LogP contribution in [0.15, 0.2) is 48.5 Å². The molecular weight excluding hydrogens is 378 g/mol. The standard InChI is InChI=1S/C20H19N3O6/c1-11(19(26)22-13-8-6-12(7-9-13)18(21)25)28-17(24)10-16-20(27)23-14-4-2-3-5-15(14)29-16/h2-9,11,16H,10H2,1H3,(H2,21,25)(H,22,26)(H,23,27)/t11-,16-/m0/s1. The molecule has 2 aromatic rings. The number of fused-ring (bicyclic) bond motifs is 1. The molecule has 150 valence electrons. The molecule has 0 aromatic heterocycles. The summed E-state index contributed by atoms with van der Waals surface area (Å²) in [5.74, 6) is -1.91. The van der Waals surface area contributed by atoms with Crippen LogP contribution in [0.1, 0.15) is 23.7 Å². The first-order chi connectivity index (χ1) is 13.8. The second kappa shape index (κ2) is 8.42. The topological polar surface area (TPSA) is 137 Å². The van der Waals surface area contributed by atoms with Crippen molar-refractivity contribution in [3.05, 3.63) is 54.1 Å². The van der Waals surface area contributed by atoms with Crippen molar-refractivity contribution in [2.45, 2.75) is 25.6 Å². The van der Waals surface area contributed by atoms with Gasteiger partial charge in [0.15, 0.2) is 12.2 Å². The largest absolute Gasteiger partial charge is 0.478 e. The van der Waals surface area contributed by atoms with E-state index in [1.807, 2.05) is 0 Å². The molecule has 0 spiro atoms. The Morgan fingerprint density at radius 3 is 2.55 bits per heavy atom. The zero-order chi connectivity index (χ0) is 21.0. The average molecular weight is 397 g/mol. The molecule has 3 rings (SSSR count). The van der Waals surface area contributed by atoms with Crippen LogP contribution in [0.25, 0.3) is 0 Å². The van der Waals surface area contributed by atoms with Gasteiger partial charge in [0.25, 0.3) is 11.8 Å². The number of nitrogens with two attached hydrogens (primary N) is 1. The normalized spacial score (nSPS) is 15.9. The molecule has 0 aliphatic carbocycles. The highest BCUT2D eigenvalue weighted by Crippen LogP contribution is 2.29. The minimum Gasteiger partial charge on any atom is -0.478 e. The summed E-state index contributed by atoms with van der Waals surface area (Å²) in [7, 11) is 0. The van der Waals surface area contributed by atoms with Gasteiger partial charge in [0, 0.05) is 11.3 Å². The number of benzene rings is 2. The van der Waals surface area contributed by atoms with Crippen LogP contribution in [-0.4, -0.2) is 35.9 Å². The SMILES string of the molecule is C[C@H](OC(=O)C[C@@H]1Oc2ccccc2NC1=O)C(=O)Nc1ccc(C(N)=O)cc1. The minimum atomic E-state index is -1.10. The number of hydrogen-bond acceptors (Lipinski definition) is 6. The summed E-state index contributed by atoms with van der Waals surface area (Å²) in [4.78, 5) is 47.5. The van der Waals surface area contributed by atoms with Gasteiger partial charge in [-0.2, -0.15) is 0 Å². The van der Waals surface area contributed by atoms with E-state index in [-0.39, 0.29) is 6.42 Å². The van der Waals surface area contributed by atoms with Crippen molar-refractivity contribution in [3.63, 3.8) is 0 Å². The third kappa shape index (κ3) is 4.89. The Hall–Kier alpha value is -3.88. The fourth-order valence-corrected chi connectivity index (χ4v) is 2.64. The Balaban J connectivity index is 1.52. The van der Waals surface area contributed by atoms with Gasteiger partial charge in [-0.1, -0.05) is 12.1 Å². The van der Waals surface area contributed by atoms with E-state index >= 15 is 0 Å². The van der Waals surface area contributed by atoms with Crippen LogP contribution in [0.3, 0.4) is 0 Å². The van der Waals surface area contributed by atoms with E-state index in [0.717, 1.165) is 0 Å². The van der Waals surface area contributed by atoms with Gasteiger partial charge in [-0.05, 0) is 43.3 Å². The van der Waals surface area contributed by atoms with Crippen LogP contribution in [0.4, 0.5) is 11.4 Å². The Morgan fingerprint density at radius 1 is 1.17 bits per heavy atom. The summed E-state index contributed by atoms with van der Waals surface area (Å²) < 4.78 is 10.6. The van der Waals surface area contributed by atoms with E-state index in [4.69, 9.17) is 15.2 Å². The molecular formula is C20H19N3O6. The van der Waals surface area contributed by atoms with Gasteiger partial charge >= 0.3 is 5.97 Å². The molecule has 9 heteroatoms. The van der Waals surface area contributed by atoms with E-state index in [1.165, 1.54) is 31.2 Å². The van der Waals surface area contributed by atoms with E-state index in [1.54, 1.807) is 24.3 Å². The van der Waals surface area contributed by atoms with Gasteiger partial charge in [0.1, 0.15) is 5.75 Å². The molecule has 1 aliphatic rings. The molecule has 4 N–H and O–H groups in total. The number of hydrogen-bond donors (Lipinski definition) is 3. The molecule has 3 amide bonds. The van der Waals surface area contributed by atoms with Crippen molar-refractivity contribution >= 4 is 35.1 Å². The van der Waals surface area contributed by atoms with Gasteiger partial charge in [0.2, 0.25) is 5.91 Å². The van der Waals surface area contributed by atoms with Crippen LogP contribution < -0.4 is 21.1 Å². The second-order valence-corrected chi connectivity index (χ2v) is 6.36. The molecule has 1 heterocycles. The highest BCUT2D eigenvalue weighted by Gasteiger charge is 2.31. The molecule has 0 unspecified atom stereocenters. The smallest absolute Gasteiger partial charge is 0.310 e. The van der Waals surface area contributed by atoms with Crippen molar-refractivity contribution in [1.82, 2.24) is 0 Å². The highest BCUT2D eigenvalue weighted by molar-refractivity contribution is 6.00. The molecule has 29 heavy (non-hydrogen) atoms. The maximum absolute atomic E-state index is 12.2. The molecule has 0 radical (unpaired) electrons. The lowest BCUT2D eigenvalue weighted by atomic mass is 10.1. The van der Waals surface area contributed by atoms with Crippen LogP contribution in [0.5, 0.6) is 5.75 Å². The van der Waals surface area contributed by atoms with Crippen molar-refractivity contribution in [2.24, 2.45) is 5.73 Å². The fraction of sp³-hybridized carbons (Fsp3) is 0.200. The zero-order valence-corrected chi connectivity index (χ0v) is 15.5. The third-order valence-corrected chi connectivity index (χ3v) is 4.17. The van der Waals surface area contributed by atoms with E-state index in [0.29, 0.717) is 22.7 Å². The van der Waals surface area contributed by atoms with E-state index in [9.17, 15) is 19.2 Å². The van der Waals surface area contributed by atoms with Crippen molar-refractivity contribution in [1.29, 1.82) is 0 Å². The Labute approximate surface area is 166 Å². The van der Waals surface area contributed by atoms with Crippen LogP contribution in [0.2, 0.25) is 0 Å². The van der Waals surface area contributed by atoms with Crippen molar-refractivity contribution in [2.75, 3.05) is 10.6 Å². The zero-order valence-electron chi connectivity index (χ0n) is 15.5. The predicted molar refractivity (Wildman–Crippen MR) is 103 cm³/mol. The summed E-state index contributed by atoms with van der Waals surface area (Å²) in [5, 5.41) is 5.21. The fourth-order valence-electron chi connectivity index (χ4n) is 2.64. The van der Waals surface area contributed by atoms with Gasteiger partial charge in [-0.15, -0.1) is 0 Å². The lowest BCUT2D eigenvalue weighted by molar-refractivity contribution is -0.155. The monoisotopic (exact) mass is 397 g/mol. The first kappa shape index (κ1) is 19.9. The van der Waals surface area contributed by atoms with Gasteiger partial charge < -0.3 is 25.8 Å². The Bertz CT molecular complexity index is 957. The number of esters is 1. The molecule has 0 fully saturated rings. The van der Waals surface area contributed by atoms with Gasteiger partial charge in [-0.3, -0.25) is 19.2 Å². The number of anilines is 2. The lowest BCUT2D eigenvalue weighted by Crippen LogP contribution is -2.40. The molecule has 0 bridgehead atoms. The maximum atomic E-state index is 12.2. The van der Waals surface area contributed by atoms with Crippen molar-refractivity contribution < 1.29 is 28.7 Å². The van der Waals surface area contributed by atoms with Gasteiger partial charge in [0.05, 0.1) is 12.1 Å². The van der Waals surface area contributed by atoms with Crippen LogP contribution >= 0.6 is 0 Å². The molecule has 2 atom stereocenters. The Morgan fingerprint density at radius 2 is 1.86 bits per heavy atom. The average Bonchev–Trinajstić information content (AvgIpc) is 2.68. The first-order valence-electron chi connectivity index (χ1n) is 8.80. The number of rotatable bonds is 6.